The van der Waals surface area contributed by atoms with Crippen LogP contribution in [-0.4, -0.2) is 19.2 Å². The van der Waals surface area contributed by atoms with E-state index >= 15 is 0 Å². The van der Waals surface area contributed by atoms with Crippen molar-refractivity contribution in [3.63, 3.8) is 0 Å². The maximum atomic E-state index is 14.0. The largest absolute Gasteiger partial charge is 0.490 e. The van der Waals surface area contributed by atoms with E-state index in [1.165, 1.54) is 13.2 Å². The topological polar surface area (TPSA) is 35.5 Å². The van der Waals surface area contributed by atoms with Gasteiger partial charge in [0, 0.05) is 6.42 Å². The van der Waals surface area contributed by atoms with Crippen LogP contribution in [0.2, 0.25) is 0 Å². The molecule has 0 unspecified atom stereocenters. The van der Waals surface area contributed by atoms with Crippen molar-refractivity contribution >= 4 is 5.97 Å². The van der Waals surface area contributed by atoms with Gasteiger partial charge in [0.25, 0.3) is 0 Å². The van der Waals surface area contributed by atoms with Gasteiger partial charge < -0.3 is 9.47 Å². The minimum Gasteiger partial charge on any atom is -0.490 e. The first-order valence-corrected chi connectivity index (χ1v) is 8.12. The number of hydrogen-bond acceptors (Lipinski definition) is 3. The lowest BCUT2D eigenvalue weighted by Gasteiger charge is -2.28. The van der Waals surface area contributed by atoms with Crippen LogP contribution < -0.4 is 4.74 Å². The van der Waals surface area contributed by atoms with E-state index in [0.29, 0.717) is 24.0 Å². The number of benzene rings is 2. The summed E-state index contributed by atoms with van der Waals surface area (Å²) in [5, 5.41) is 0. The average Bonchev–Trinajstić information content (AvgIpc) is 3.02. The zero-order valence-electron chi connectivity index (χ0n) is 13.9. The number of carbonyl (C=O) groups is 1. The molecule has 4 heteroatoms. The fraction of sp³-hybridized carbons (Fsp3) is 0.350. The molecule has 1 saturated carbocycles. The first kappa shape index (κ1) is 16.5. The highest BCUT2D eigenvalue weighted by Crippen LogP contribution is 2.45. The summed E-state index contributed by atoms with van der Waals surface area (Å²) < 4.78 is 25.1. The fourth-order valence-electron chi connectivity index (χ4n) is 3.65. The summed E-state index contributed by atoms with van der Waals surface area (Å²) in [7, 11) is 1.38. The molecule has 2 aromatic carbocycles. The molecule has 0 aromatic heterocycles. The van der Waals surface area contributed by atoms with E-state index in [4.69, 9.17) is 9.47 Å². The molecule has 0 radical (unpaired) electrons. The zero-order chi connectivity index (χ0) is 17.2. The van der Waals surface area contributed by atoms with Gasteiger partial charge in [0.1, 0.15) is 17.7 Å². The number of rotatable bonds is 4. The first-order valence-electron chi connectivity index (χ1n) is 8.12. The highest BCUT2D eigenvalue weighted by molar-refractivity contribution is 5.84. The van der Waals surface area contributed by atoms with Gasteiger partial charge in [-0.1, -0.05) is 30.3 Å². The molecule has 3 nitrogen and oxygen atoms in total. The van der Waals surface area contributed by atoms with E-state index in [0.717, 1.165) is 12.2 Å². The molecule has 1 aliphatic carbocycles. The summed E-state index contributed by atoms with van der Waals surface area (Å²) in [6, 6.07) is 14.4. The van der Waals surface area contributed by atoms with Crippen molar-refractivity contribution in [2.75, 3.05) is 7.11 Å². The molecule has 0 spiro atoms. The lowest BCUT2D eigenvalue weighted by molar-refractivity contribution is -0.147. The Morgan fingerprint density at radius 3 is 2.62 bits per heavy atom. The van der Waals surface area contributed by atoms with Crippen molar-refractivity contribution < 1.29 is 18.7 Å². The highest BCUT2D eigenvalue weighted by atomic mass is 19.1. The van der Waals surface area contributed by atoms with Gasteiger partial charge in [0.2, 0.25) is 0 Å². The predicted octanol–water partition coefficient (Wildman–Crippen LogP) is 4.18. The summed E-state index contributed by atoms with van der Waals surface area (Å²) >= 11 is 0. The van der Waals surface area contributed by atoms with Gasteiger partial charge in [-0.15, -0.1) is 0 Å². The van der Waals surface area contributed by atoms with Crippen LogP contribution in [0.25, 0.3) is 0 Å². The Kier molecular flexibility index (Phi) is 4.56. The van der Waals surface area contributed by atoms with Crippen LogP contribution in [0.5, 0.6) is 5.75 Å². The highest BCUT2D eigenvalue weighted by Gasteiger charge is 2.49. The van der Waals surface area contributed by atoms with Crippen LogP contribution in [0.4, 0.5) is 4.39 Å². The summed E-state index contributed by atoms with van der Waals surface area (Å²) in [6.07, 6.45) is 1.69. The van der Waals surface area contributed by atoms with Crippen molar-refractivity contribution in [2.24, 2.45) is 0 Å². The predicted molar refractivity (Wildman–Crippen MR) is 89.5 cm³/mol. The maximum absolute atomic E-state index is 14.0. The summed E-state index contributed by atoms with van der Waals surface area (Å²) in [5.41, 5.74) is 0.359. The zero-order valence-corrected chi connectivity index (χ0v) is 13.9. The minimum atomic E-state index is -0.847. The molecule has 3 rings (SSSR count). The Morgan fingerprint density at radius 1 is 1.17 bits per heavy atom. The van der Waals surface area contributed by atoms with E-state index in [2.05, 4.69) is 0 Å². The lowest BCUT2D eigenvalue weighted by Crippen LogP contribution is -2.36. The van der Waals surface area contributed by atoms with E-state index in [1.807, 2.05) is 36.4 Å². The number of ether oxygens (including phenoxy) is 2. The van der Waals surface area contributed by atoms with Gasteiger partial charge in [0.15, 0.2) is 0 Å². The summed E-state index contributed by atoms with van der Waals surface area (Å²) in [5.74, 6) is 0.151. The number of halogens is 1. The van der Waals surface area contributed by atoms with Crippen LogP contribution in [-0.2, 0) is 14.9 Å². The molecule has 0 N–H and O–H groups in total. The lowest BCUT2D eigenvalue weighted by atomic mass is 9.76. The number of carbonyl (C=O) groups excluding carboxylic acids is 1. The third kappa shape index (κ3) is 2.88. The molecule has 2 aromatic rings. The second-order valence-corrected chi connectivity index (χ2v) is 6.28. The van der Waals surface area contributed by atoms with Gasteiger partial charge in [-0.3, -0.25) is 4.79 Å². The number of esters is 1. The van der Waals surface area contributed by atoms with Crippen LogP contribution in [0.1, 0.15) is 30.4 Å². The smallest absolute Gasteiger partial charge is 0.316 e. The molecular weight excluding hydrogens is 307 g/mol. The summed E-state index contributed by atoms with van der Waals surface area (Å²) in [4.78, 5) is 12.6. The van der Waals surface area contributed by atoms with Gasteiger partial charge in [0.05, 0.1) is 12.5 Å². The third-order valence-electron chi connectivity index (χ3n) is 4.87. The second kappa shape index (κ2) is 6.63. The monoisotopic (exact) mass is 328 g/mol. The van der Waals surface area contributed by atoms with Crippen molar-refractivity contribution in [1.82, 2.24) is 0 Å². The molecule has 0 saturated heterocycles. The number of methoxy groups -OCH3 is 1. The van der Waals surface area contributed by atoms with Gasteiger partial charge in [-0.05, 0) is 49.1 Å². The van der Waals surface area contributed by atoms with Crippen LogP contribution in [0, 0.1) is 12.7 Å². The van der Waals surface area contributed by atoms with E-state index < -0.39 is 5.41 Å². The number of hydrogen-bond donors (Lipinski definition) is 0. The maximum Gasteiger partial charge on any atom is 0.316 e. The van der Waals surface area contributed by atoms with Crippen LogP contribution >= 0.6 is 0 Å². The normalized spacial score (nSPS) is 23.0. The Hall–Kier alpha value is -2.36. The molecule has 126 valence electrons. The van der Waals surface area contributed by atoms with Crippen LogP contribution in [0.3, 0.4) is 0 Å². The van der Waals surface area contributed by atoms with E-state index in [1.54, 1.807) is 13.0 Å². The average molecular weight is 328 g/mol. The van der Waals surface area contributed by atoms with Crippen molar-refractivity contribution in [3.05, 3.63) is 65.5 Å². The van der Waals surface area contributed by atoms with Crippen molar-refractivity contribution in [1.29, 1.82) is 0 Å². The molecule has 1 fully saturated rings. The summed E-state index contributed by atoms with van der Waals surface area (Å²) in [6.45, 7) is 1.71. The molecule has 0 aliphatic heterocycles. The Morgan fingerprint density at radius 2 is 1.92 bits per heavy atom. The molecule has 0 amide bonds. The van der Waals surface area contributed by atoms with Crippen molar-refractivity contribution in [3.8, 4) is 5.75 Å². The molecule has 0 bridgehead atoms. The van der Waals surface area contributed by atoms with Crippen molar-refractivity contribution in [2.45, 2.75) is 37.7 Å². The SMILES string of the molecule is COC(=O)[C@@]1(c2cccc(F)c2C)CC[C@H](Oc2ccccc2)C1. The van der Waals surface area contributed by atoms with Gasteiger partial charge in [-0.25, -0.2) is 4.39 Å². The third-order valence-corrected chi connectivity index (χ3v) is 4.87. The molecule has 1 aliphatic rings. The molecule has 24 heavy (non-hydrogen) atoms. The Balaban J connectivity index is 1.91. The quantitative estimate of drug-likeness (QED) is 0.790. The second-order valence-electron chi connectivity index (χ2n) is 6.28. The van der Waals surface area contributed by atoms with Crippen LogP contribution in [0.15, 0.2) is 48.5 Å². The Labute approximate surface area is 141 Å². The Bertz CT molecular complexity index is 729. The molecule has 2 atom stereocenters. The first-order chi connectivity index (χ1) is 11.6. The molecule has 0 heterocycles. The van der Waals surface area contributed by atoms with E-state index in [-0.39, 0.29) is 17.9 Å². The van der Waals surface area contributed by atoms with E-state index in [9.17, 15) is 9.18 Å². The molecular formula is C20H21FO3. The van der Waals surface area contributed by atoms with Gasteiger partial charge in [-0.2, -0.15) is 0 Å². The fourth-order valence-corrected chi connectivity index (χ4v) is 3.65. The standard InChI is InChI=1S/C20H21FO3/c1-14-17(9-6-10-18(14)21)20(19(22)23-2)12-11-16(13-20)24-15-7-4-3-5-8-15/h3-10,16H,11-13H2,1-2H3/t16-,20-/m0/s1. The minimum absolute atomic E-state index is 0.103. The van der Waals surface area contributed by atoms with Gasteiger partial charge >= 0.3 is 5.97 Å². The number of para-hydroxylation sites is 1.